The van der Waals surface area contributed by atoms with E-state index in [0.717, 1.165) is 30.4 Å². The van der Waals surface area contributed by atoms with Gasteiger partial charge in [-0.15, -0.1) is 12.3 Å². The molecule has 33 heavy (non-hydrogen) atoms. The molecule has 2 aliphatic heterocycles. The van der Waals surface area contributed by atoms with Crippen molar-refractivity contribution < 1.29 is 4.79 Å². The number of carbonyl (C=O) groups is 1. The summed E-state index contributed by atoms with van der Waals surface area (Å²) >= 11 is 0. The fourth-order valence-electron chi connectivity index (χ4n) is 5.88. The molecule has 2 saturated heterocycles. The summed E-state index contributed by atoms with van der Waals surface area (Å²) in [6, 6.07) is 8.23. The summed E-state index contributed by atoms with van der Waals surface area (Å²) in [5.74, 6) is 5.77. The number of hydrogen-bond donors (Lipinski definition) is 2. The zero-order chi connectivity index (χ0) is 23.0. The van der Waals surface area contributed by atoms with Gasteiger partial charge in [0.25, 0.3) is 5.91 Å². The van der Waals surface area contributed by atoms with E-state index in [1.807, 2.05) is 12.1 Å². The number of benzene rings is 1. The minimum atomic E-state index is -0.0559. The van der Waals surface area contributed by atoms with Crippen LogP contribution in [-0.4, -0.2) is 61.5 Å². The maximum atomic E-state index is 12.2. The van der Waals surface area contributed by atoms with Crippen LogP contribution >= 0.6 is 0 Å². The van der Waals surface area contributed by atoms with Crippen LogP contribution in [0.15, 0.2) is 24.3 Å². The van der Waals surface area contributed by atoms with Gasteiger partial charge in [0.15, 0.2) is 0 Å². The summed E-state index contributed by atoms with van der Waals surface area (Å²) in [7, 11) is 0. The topological polar surface area (TPSA) is 47.6 Å². The second kappa shape index (κ2) is 12.0. The number of carbonyl (C=O) groups excluding carboxylic acids is 1. The molecule has 0 aromatic heterocycles. The van der Waals surface area contributed by atoms with Crippen molar-refractivity contribution in [3.8, 4) is 12.3 Å². The maximum absolute atomic E-state index is 12.2. The monoisotopic (exact) mass is 450 g/mol. The predicted octanol–water partition coefficient (Wildman–Crippen LogP) is 3.88. The van der Waals surface area contributed by atoms with Crippen LogP contribution in [0, 0.1) is 30.1 Å². The first-order valence-corrected chi connectivity index (χ1v) is 13.2. The average Bonchev–Trinajstić information content (AvgIpc) is 2.84. The van der Waals surface area contributed by atoms with Gasteiger partial charge >= 0.3 is 0 Å². The largest absolute Gasteiger partial charge is 0.303 e. The Bertz CT molecular complexity index is 779. The van der Waals surface area contributed by atoms with E-state index < -0.39 is 0 Å². The van der Waals surface area contributed by atoms with E-state index in [-0.39, 0.29) is 5.91 Å². The van der Waals surface area contributed by atoms with Gasteiger partial charge in [-0.3, -0.25) is 10.2 Å². The van der Waals surface area contributed by atoms with Crippen LogP contribution in [0.5, 0.6) is 0 Å². The number of hydrogen-bond acceptors (Lipinski definition) is 4. The van der Waals surface area contributed by atoms with Gasteiger partial charge in [-0.2, -0.15) is 0 Å². The van der Waals surface area contributed by atoms with Crippen LogP contribution in [0.3, 0.4) is 0 Å². The van der Waals surface area contributed by atoms with Crippen molar-refractivity contribution in [2.75, 3.05) is 45.8 Å². The first-order valence-electron chi connectivity index (χ1n) is 13.2. The summed E-state index contributed by atoms with van der Waals surface area (Å²) in [5.41, 5.74) is 7.81. The van der Waals surface area contributed by atoms with E-state index in [1.54, 1.807) is 0 Å². The lowest BCUT2D eigenvalue weighted by Crippen LogP contribution is -2.53. The Labute approximate surface area is 200 Å². The van der Waals surface area contributed by atoms with Crippen molar-refractivity contribution >= 4 is 5.91 Å². The quantitative estimate of drug-likeness (QED) is 0.341. The third kappa shape index (κ3) is 6.82. The Morgan fingerprint density at radius 2 is 1.64 bits per heavy atom. The SMILES string of the molecule is C#CC1CCC(CN2CC(CN3CCC(c4ccc(C(=O)NNCCC)cc4)CC3)C2)CC1. The fourth-order valence-corrected chi connectivity index (χ4v) is 5.88. The zero-order valence-corrected chi connectivity index (χ0v) is 20.4. The Kier molecular flexibility index (Phi) is 8.83. The van der Waals surface area contributed by atoms with Crippen LogP contribution in [0.4, 0.5) is 0 Å². The van der Waals surface area contributed by atoms with E-state index in [2.05, 4.69) is 45.6 Å². The molecule has 1 aromatic carbocycles. The molecule has 3 aliphatic rings. The summed E-state index contributed by atoms with van der Waals surface area (Å²) in [4.78, 5) is 17.5. The highest BCUT2D eigenvalue weighted by atomic mass is 16.2. The average molecular weight is 451 g/mol. The number of terminal acetylenes is 1. The molecule has 3 fully saturated rings. The molecule has 180 valence electrons. The van der Waals surface area contributed by atoms with Crippen LogP contribution < -0.4 is 10.9 Å². The van der Waals surface area contributed by atoms with Gasteiger partial charge in [0, 0.05) is 44.2 Å². The molecule has 5 nitrogen and oxygen atoms in total. The molecule has 1 saturated carbocycles. The molecule has 0 unspecified atom stereocenters. The van der Waals surface area contributed by atoms with Gasteiger partial charge in [-0.25, -0.2) is 5.43 Å². The maximum Gasteiger partial charge on any atom is 0.265 e. The highest BCUT2D eigenvalue weighted by molar-refractivity contribution is 5.93. The Morgan fingerprint density at radius 3 is 2.27 bits per heavy atom. The fraction of sp³-hybridized carbons (Fsp3) is 0.679. The number of likely N-dealkylation sites (tertiary alicyclic amines) is 2. The van der Waals surface area contributed by atoms with E-state index >= 15 is 0 Å². The van der Waals surface area contributed by atoms with Gasteiger partial charge in [0.05, 0.1) is 0 Å². The summed E-state index contributed by atoms with van der Waals surface area (Å²) in [5, 5.41) is 0. The predicted molar refractivity (Wildman–Crippen MR) is 135 cm³/mol. The normalized spacial score (nSPS) is 25.3. The first-order chi connectivity index (χ1) is 16.1. The molecule has 5 heteroatoms. The molecule has 2 N–H and O–H groups in total. The number of hydrazine groups is 1. The van der Waals surface area contributed by atoms with E-state index in [0.29, 0.717) is 11.8 Å². The van der Waals surface area contributed by atoms with Gasteiger partial charge in [0.2, 0.25) is 0 Å². The van der Waals surface area contributed by atoms with E-state index in [1.165, 1.54) is 83.4 Å². The molecule has 0 atom stereocenters. The lowest BCUT2D eigenvalue weighted by atomic mass is 9.81. The van der Waals surface area contributed by atoms with Gasteiger partial charge in [-0.05, 0) is 93.5 Å². The van der Waals surface area contributed by atoms with Gasteiger partial charge in [-0.1, -0.05) is 19.1 Å². The lowest BCUT2D eigenvalue weighted by Gasteiger charge is -2.45. The molecule has 1 amide bonds. The minimum absolute atomic E-state index is 0.0559. The molecule has 0 bridgehead atoms. The smallest absolute Gasteiger partial charge is 0.265 e. The van der Waals surface area contributed by atoms with Crippen LogP contribution in [0.1, 0.15) is 73.7 Å². The highest BCUT2D eigenvalue weighted by Gasteiger charge is 2.32. The Hall–Kier alpha value is -1.87. The Morgan fingerprint density at radius 1 is 0.970 bits per heavy atom. The zero-order valence-electron chi connectivity index (χ0n) is 20.4. The van der Waals surface area contributed by atoms with E-state index in [4.69, 9.17) is 6.42 Å². The number of nitrogens with zero attached hydrogens (tertiary/aromatic N) is 2. The Balaban J connectivity index is 1.12. The molecule has 0 radical (unpaired) electrons. The number of nitrogens with one attached hydrogen (secondary N) is 2. The van der Waals surface area contributed by atoms with Gasteiger partial charge < -0.3 is 9.80 Å². The number of piperidine rings is 1. The van der Waals surface area contributed by atoms with E-state index in [9.17, 15) is 4.79 Å². The minimum Gasteiger partial charge on any atom is -0.303 e. The summed E-state index contributed by atoms with van der Waals surface area (Å²) < 4.78 is 0. The molecular formula is C28H42N4O. The molecule has 1 aromatic rings. The number of amides is 1. The van der Waals surface area contributed by atoms with Crippen molar-refractivity contribution in [3.05, 3.63) is 35.4 Å². The third-order valence-corrected chi connectivity index (χ3v) is 7.96. The second-order valence-corrected chi connectivity index (χ2v) is 10.5. The van der Waals surface area contributed by atoms with Crippen LogP contribution in [0.25, 0.3) is 0 Å². The van der Waals surface area contributed by atoms with Crippen LogP contribution in [0.2, 0.25) is 0 Å². The number of rotatable bonds is 9. The van der Waals surface area contributed by atoms with Crippen molar-refractivity contribution in [2.24, 2.45) is 17.8 Å². The van der Waals surface area contributed by atoms with Crippen molar-refractivity contribution in [1.82, 2.24) is 20.7 Å². The molecule has 2 heterocycles. The molecule has 0 spiro atoms. The van der Waals surface area contributed by atoms with Crippen molar-refractivity contribution in [2.45, 2.75) is 57.8 Å². The van der Waals surface area contributed by atoms with Crippen molar-refractivity contribution in [1.29, 1.82) is 0 Å². The van der Waals surface area contributed by atoms with Crippen LogP contribution in [-0.2, 0) is 0 Å². The molecule has 1 aliphatic carbocycles. The standard InChI is InChI=1S/C28H42N4O/c1-3-15-29-30-28(33)27-11-9-25(10-12-27)26-13-16-31(17-14-26)19-24-20-32(21-24)18-23-7-5-22(4-2)6-8-23/h2,9-12,22-24,26,29H,3,5-8,13-21H2,1H3,(H,30,33). The molecular weight excluding hydrogens is 408 g/mol. The first kappa shape index (κ1) is 24.3. The summed E-state index contributed by atoms with van der Waals surface area (Å²) in [6.07, 6.45) is 14.1. The lowest BCUT2D eigenvalue weighted by molar-refractivity contribution is 0.0410. The van der Waals surface area contributed by atoms with Crippen molar-refractivity contribution in [3.63, 3.8) is 0 Å². The van der Waals surface area contributed by atoms with Gasteiger partial charge in [0.1, 0.15) is 0 Å². The summed E-state index contributed by atoms with van der Waals surface area (Å²) in [6.45, 7) is 10.4. The molecule has 4 rings (SSSR count). The highest BCUT2D eigenvalue weighted by Crippen LogP contribution is 2.32. The second-order valence-electron chi connectivity index (χ2n) is 10.5. The third-order valence-electron chi connectivity index (χ3n) is 7.96.